The Morgan fingerprint density at radius 2 is 1.96 bits per heavy atom. The van der Waals surface area contributed by atoms with Crippen molar-refractivity contribution in [2.45, 2.75) is 25.6 Å². The second kappa shape index (κ2) is 8.86. The summed E-state index contributed by atoms with van der Waals surface area (Å²) in [6.07, 6.45) is 2.49. The van der Waals surface area contributed by atoms with Crippen LogP contribution in [0.5, 0.6) is 5.75 Å². The van der Waals surface area contributed by atoms with Crippen LogP contribution in [0.15, 0.2) is 42.5 Å². The van der Waals surface area contributed by atoms with Gasteiger partial charge in [-0.25, -0.2) is 0 Å². The largest absolute Gasteiger partial charge is 0.489 e. The molecule has 0 spiro atoms. The van der Waals surface area contributed by atoms with Crippen molar-refractivity contribution in [1.29, 1.82) is 0 Å². The van der Waals surface area contributed by atoms with Crippen LogP contribution in [-0.4, -0.2) is 24.2 Å². The minimum Gasteiger partial charge on any atom is -0.489 e. The fraction of sp³-hybridized carbons (Fsp3) is 0.316. The molecule has 6 heteroatoms. The van der Waals surface area contributed by atoms with E-state index in [2.05, 4.69) is 5.32 Å². The first-order valence-electron chi connectivity index (χ1n) is 8.18. The van der Waals surface area contributed by atoms with Gasteiger partial charge in [0.2, 0.25) is 0 Å². The molecule has 0 unspecified atom stereocenters. The van der Waals surface area contributed by atoms with E-state index in [0.717, 1.165) is 47.9 Å². The van der Waals surface area contributed by atoms with Gasteiger partial charge in [0.05, 0.1) is 16.1 Å². The molecule has 0 aliphatic carbocycles. The van der Waals surface area contributed by atoms with Gasteiger partial charge in [0, 0.05) is 18.7 Å². The van der Waals surface area contributed by atoms with Crippen LogP contribution in [0.25, 0.3) is 0 Å². The van der Waals surface area contributed by atoms with E-state index in [-0.39, 0.29) is 6.10 Å². The minimum absolute atomic E-state index is 0.270. The molecular formula is C19H19Cl2NO2S. The van der Waals surface area contributed by atoms with Crippen LogP contribution in [0.1, 0.15) is 24.0 Å². The van der Waals surface area contributed by atoms with E-state index in [9.17, 15) is 0 Å². The van der Waals surface area contributed by atoms with Gasteiger partial charge in [0.25, 0.3) is 0 Å². The van der Waals surface area contributed by atoms with Crippen LogP contribution in [-0.2, 0) is 11.3 Å². The van der Waals surface area contributed by atoms with Gasteiger partial charge in [-0.2, -0.15) is 0 Å². The minimum atomic E-state index is 0.270. The maximum absolute atomic E-state index is 6.01. The van der Waals surface area contributed by atoms with Gasteiger partial charge in [0.15, 0.2) is 0 Å². The topological polar surface area (TPSA) is 30.5 Å². The Labute approximate surface area is 163 Å². The Morgan fingerprint density at radius 1 is 1.16 bits per heavy atom. The Morgan fingerprint density at radius 3 is 2.64 bits per heavy atom. The molecule has 0 radical (unpaired) electrons. The predicted octanol–water partition coefficient (Wildman–Crippen LogP) is 5.02. The van der Waals surface area contributed by atoms with Gasteiger partial charge in [-0.05, 0) is 54.8 Å². The number of nitrogens with one attached hydrogen (secondary N) is 1. The van der Waals surface area contributed by atoms with Crippen LogP contribution in [0.4, 0.5) is 0 Å². The second-order valence-electron chi connectivity index (χ2n) is 5.91. The highest BCUT2D eigenvalue weighted by Crippen LogP contribution is 2.23. The van der Waals surface area contributed by atoms with Crippen molar-refractivity contribution in [3.63, 3.8) is 0 Å². The van der Waals surface area contributed by atoms with Crippen molar-refractivity contribution in [3.8, 4) is 5.75 Å². The lowest BCUT2D eigenvalue weighted by Crippen LogP contribution is -2.31. The van der Waals surface area contributed by atoms with Crippen LogP contribution < -0.4 is 10.1 Å². The number of hydrogen-bond acceptors (Lipinski definition) is 3. The van der Waals surface area contributed by atoms with Crippen molar-refractivity contribution in [1.82, 2.24) is 5.32 Å². The monoisotopic (exact) mass is 395 g/mol. The summed E-state index contributed by atoms with van der Waals surface area (Å²) in [6, 6.07) is 13.2. The van der Waals surface area contributed by atoms with E-state index in [0.29, 0.717) is 16.7 Å². The lowest BCUT2D eigenvalue weighted by atomic mass is 10.2. The molecule has 1 N–H and O–H groups in total. The van der Waals surface area contributed by atoms with Gasteiger partial charge in [0.1, 0.15) is 17.3 Å². The lowest BCUT2D eigenvalue weighted by Gasteiger charge is -2.13. The van der Waals surface area contributed by atoms with Crippen molar-refractivity contribution >= 4 is 40.4 Å². The Hall–Kier alpha value is -1.33. The van der Waals surface area contributed by atoms with Crippen molar-refractivity contribution < 1.29 is 9.47 Å². The zero-order chi connectivity index (χ0) is 17.6. The van der Waals surface area contributed by atoms with Crippen LogP contribution in [0, 0.1) is 0 Å². The number of hydrogen-bond donors (Lipinski definition) is 1. The average Bonchev–Trinajstić information content (AvgIpc) is 3.15. The molecular weight excluding hydrogens is 377 g/mol. The Balaban J connectivity index is 1.50. The third-order valence-corrected chi connectivity index (χ3v) is 5.14. The highest BCUT2D eigenvalue weighted by Gasteiger charge is 2.15. The maximum Gasteiger partial charge on any atom is 0.119 e. The van der Waals surface area contributed by atoms with Crippen LogP contribution in [0.2, 0.25) is 10.0 Å². The number of thiocarbonyl (C=S) groups is 1. The molecule has 0 bridgehead atoms. The molecule has 3 nitrogen and oxygen atoms in total. The summed E-state index contributed by atoms with van der Waals surface area (Å²) in [5, 5.41) is 4.34. The van der Waals surface area contributed by atoms with Crippen molar-refractivity contribution in [3.05, 3.63) is 63.6 Å². The normalized spacial score (nSPS) is 16.6. The lowest BCUT2D eigenvalue weighted by molar-refractivity contribution is 0.114. The van der Waals surface area contributed by atoms with Crippen molar-refractivity contribution in [2.75, 3.05) is 13.2 Å². The zero-order valence-electron chi connectivity index (χ0n) is 13.6. The van der Waals surface area contributed by atoms with Crippen molar-refractivity contribution in [2.24, 2.45) is 0 Å². The summed E-state index contributed by atoms with van der Waals surface area (Å²) in [5.41, 5.74) is 1.93. The zero-order valence-corrected chi connectivity index (χ0v) is 16.0. The van der Waals surface area contributed by atoms with Gasteiger partial charge in [-0.1, -0.05) is 41.5 Å². The highest BCUT2D eigenvalue weighted by atomic mass is 35.5. The first kappa shape index (κ1) is 18.5. The molecule has 1 atom stereocenters. The summed E-state index contributed by atoms with van der Waals surface area (Å²) < 4.78 is 11.4. The quantitative estimate of drug-likeness (QED) is 0.695. The summed E-state index contributed by atoms with van der Waals surface area (Å²) in [6.45, 7) is 2.04. The summed E-state index contributed by atoms with van der Waals surface area (Å²) in [7, 11) is 0. The molecule has 1 heterocycles. The van der Waals surface area contributed by atoms with E-state index < -0.39 is 0 Å². The third-order valence-electron chi connectivity index (χ3n) is 4.02. The first-order valence-corrected chi connectivity index (χ1v) is 9.35. The first-order chi connectivity index (χ1) is 12.1. The average molecular weight is 396 g/mol. The molecule has 3 rings (SSSR count). The number of ether oxygens (including phenoxy) is 2. The van der Waals surface area contributed by atoms with Gasteiger partial charge >= 0.3 is 0 Å². The molecule has 0 saturated carbocycles. The SMILES string of the molecule is S=C(NC[C@@H]1CCCO1)c1ccc(OCc2ccc(Cl)c(Cl)c2)cc1. The fourth-order valence-corrected chi connectivity index (χ4v) is 3.15. The fourth-order valence-electron chi connectivity index (χ4n) is 2.61. The maximum atomic E-state index is 6.01. The molecule has 25 heavy (non-hydrogen) atoms. The Bertz CT molecular complexity index is 731. The molecule has 1 saturated heterocycles. The number of rotatable bonds is 6. The van der Waals surface area contributed by atoms with Gasteiger partial charge in [-0.15, -0.1) is 0 Å². The van der Waals surface area contributed by atoms with Crippen LogP contribution >= 0.6 is 35.4 Å². The highest BCUT2D eigenvalue weighted by molar-refractivity contribution is 7.80. The summed E-state index contributed by atoms with van der Waals surface area (Å²) in [5.74, 6) is 0.775. The molecule has 2 aromatic rings. The Kier molecular flexibility index (Phi) is 6.54. The summed E-state index contributed by atoms with van der Waals surface area (Å²) >= 11 is 17.4. The molecule has 1 aliphatic heterocycles. The van der Waals surface area contributed by atoms with Gasteiger partial charge in [-0.3, -0.25) is 0 Å². The van der Waals surface area contributed by atoms with Crippen LogP contribution in [0.3, 0.4) is 0 Å². The third kappa shape index (κ3) is 5.32. The van der Waals surface area contributed by atoms with E-state index in [1.807, 2.05) is 36.4 Å². The van der Waals surface area contributed by atoms with Gasteiger partial charge < -0.3 is 14.8 Å². The predicted molar refractivity (Wildman–Crippen MR) is 106 cm³/mol. The standard InChI is InChI=1S/C19H19Cl2NO2S/c20-17-8-3-13(10-18(17)21)12-24-15-6-4-14(5-7-15)19(25)22-11-16-2-1-9-23-16/h3-8,10,16H,1-2,9,11-12H2,(H,22,25)/t16-/m0/s1. The molecule has 132 valence electrons. The number of benzene rings is 2. The van der Waals surface area contributed by atoms with E-state index in [1.54, 1.807) is 6.07 Å². The number of halogens is 2. The smallest absolute Gasteiger partial charge is 0.119 e. The van der Waals surface area contributed by atoms with E-state index in [1.165, 1.54) is 0 Å². The molecule has 0 amide bonds. The van der Waals surface area contributed by atoms with E-state index >= 15 is 0 Å². The molecule has 2 aromatic carbocycles. The van der Waals surface area contributed by atoms with E-state index in [4.69, 9.17) is 44.9 Å². The second-order valence-corrected chi connectivity index (χ2v) is 7.13. The molecule has 0 aromatic heterocycles. The molecule has 1 aliphatic rings. The summed E-state index contributed by atoms with van der Waals surface area (Å²) in [4.78, 5) is 0.728. The molecule has 1 fully saturated rings.